The predicted molar refractivity (Wildman–Crippen MR) is 88.9 cm³/mol. The van der Waals surface area contributed by atoms with Gasteiger partial charge in [-0.25, -0.2) is 0 Å². The number of nitrogens with one attached hydrogen (secondary N) is 1. The maximum atomic E-state index is 12.3. The van der Waals surface area contributed by atoms with E-state index < -0.39 is 0 Å². The highest BCUT2D eigenvalue weighted by atomic mass is 35.5. The number of halogens is 1. The van der Waals surface area contributed by atoms with Gasteiger partial charge in [0.15, 0.2) is 5.76 Å². The highest BCUT2D eigenvalue weighted by molar-refractivity contribution is 6.30. The van der Waals surface area contributed by atoms with Gasteiger partial charge in [0, 0.05) is 16.3 Å². The number of hydrogen-bond acceptors (Lipinski definition) is 3. The van der Waals surface area contributed by atoms with Gasteiger partial charge in [-0.15, -0.1) is 0 Å². The number of carbonyl (C=O) groups excluding carboxylic acids is 1. The highest BCUT2D eigenvalue weighted by Gasteiger charge is 2.16. The molecule has 0 aliphatic heterocycles. The largest absolute Gasteiger partial charge is 0.489 e. The normalized spacial score (nSPS) is 10.3. The van der Waals surface area contributed by atoms with Crippen molar-refractivity contribution in [1.29, 1.82) is 0 Å². The van der Waals surface area contributed by atoms with E-state index in [1.54, 1.807) is 30.3 Å². The summed E-state index contributed by atoms with van der Waals surface area (Å²) in [6, 6.07) is 18.0. The number of furan rings is 1. The predicted octanol–water partition coefficient (Wildman–Crippen LogP) is 4.76. The van der Waals surface area contributed by atoms with E-state index in [4.69, 9.17) is 20.8 Å². The fourth-order valence-corrected chi connectivity index (χ4v) is 2.27. The summed E-state index contributed by atoms with van der Waals surface area (Å²) in [6.45, 7) is 0.249. The second-order valence-corrected chi connectivity index (χ2v) is 5.28. The molecule has 0 saturated heterocycles. The van der Waals surface area contributed by atoms with Crippen LogP contribution in [0.3, 0.4) is 0 Å². The maximum Gasteiger partial charge on any atom is 0.291 e. The minimum absolute atomic E-state index is 0.223. The Kier molecular flexibility index (Phi) is 4.64. The zero-order valence-electron chi connectivity index (χ0n) is 12.2. The zero-order chi connectivity index (χ0) is 16.1. The van der Waals surface area contributed by atoms with Crippen molar-refractivity contribution in [3.8, 4) is 5.75 Å². The SMILES string of the molecule is O=C(Nc1cccc(Cl)c1)c1occc1COc1ccccc1. The molecule has 0 spiro atoms. The Morgan fingerprint density at radius 1 is 1.09 bits per heavy atom. The van der Waals surface area contributed by atoms with E-state index in [1.807, 2.05) is 30.3 Å². The topological polar surface area (TPSA) is 51.5 Å². The van der Waals surface area contributed by atoms with E-state index in [0.29, 0.717) is 16.3 Å². The molecular formula is C18H14ClNO3. The van der Waals surface area contributed by atoms with Crippen LogP contribution in [-0.2, 0) is 6.61 Å². The van der Waals surface area contributed by atoms with Gasteiger partial charge in [-0.1, -0.05) is 35.9 Å². The quantitative estimate of drug-likeness (QED) is 0.734. The van der Waals surface area contributed by atoms with Gasteiger partial charge in [0.05, 0.1) is 6.26 Å². The van der Waals surface area contributed by atoms with Gasteiger partial charge in [0.1, 0.15) is 12.4 Å². The number of rotatable bonds is 5. The first-order chi connectivity index (χ1) is 11.2. The monoisotopic (exact) mass is 327 g/mol. The lowest BCUT2D eigenvalue weighted by Crippen LogP contribution is -2.13. The van der Waals surface area contributed by atoms with Crippen LogP contribution in [0.5, 0.6) is 5.75 Å². The molecule has 0 bridgehead atoms. The average molecular weight is 328 g/mol. The fourth-order valence-electron chi connectivity index (χ4n) is 2.08. The molecule has 3 aromatic rings. The summed E-state index contributed by atoms with van der Waals surface area (Å²) in [4.78, 5) is 12.3. The first kappa shape index (κ1) is 15.2. The van der Waals surface area contributed by atoms with Crippen molar-refractivity contribution in [3.63, 3.8) is 0 Å². The molecule has 1 aromatic heterocycles. The summed E-state index contributed by atoms with van der Waals surface area (Å²) in [5, 5.41) is 3.30. The second kappa shape index (κ2) is 7.03. The minimum Gasteiger partial charge on any atom is -0.489 e. The number of ether oxygens (including phenoxy) is 1. The molecule has 5 heteroatoms. The van der Waals surface area contributed by atoms with Crippen molar-refractivity contribution in [2.45, 2.75) is 6.61 Å². The van der Waals surface area contributed by atoms with Crippen LogP contribution in [-0.4, -0.2) is 5.91 Å². The molecule has 0 unspecified atom stereocenters. The van der Waals surface area contributed by atoms with E-state index in [9.17, 15) is 4.79 Å². The molecule has 0 aliphatic carbocycles. The number of hydrogen-bond donors (Lipinski definition) is 1. The molecule has 0 aliphatic rings. The Morgan fingerprint density at radius 2 is 1.91 bits per heavy atom. The van der Waals surface area contributed by atoms with Crippen LogP contribution in [0.2, 0.25) is 5.02 Å². The van der Waals surface area contributed by atoms with E-state index in [-0.39, 0.29) is 18.3 Å². The van der Waals surface area contributed by atoms with Gasteiger partial charge in [-0.05, 0) is 36.4 Å². The molecule has 1 N–H and O–H groups in total. The third kappa shape index (κ3) is 3.93. The molecule has 1 amide bonds. The van der Waals surface area contributed by atoms with Gasteiger partial charge >= 0.3 is 0 Å². The molecule has 3 rings (SSSR count). The Hall–Kier alpha value is -2.72. The molecule has 0 atom stereocenters. The Labute approximate surface area is 138 Å². The second-order valence-electron chi connectivity index (χ2n) is 4.84. The van der Waals surface area contributed by atoms with Crippen LogP contribution in [0.15, 0.2) is 71.3 Å². The number of benzene rings is 2. The van der Waals surface area contributed by atoms with Crippen molar-refractivity contribution in [3.05, 3.63) is 83.3 Å². The lowest BCUT2D eigenvalue weighted by Gasteiger charge is -2.07. The summed E-state index contributed by atoms with van der Waals surface area (Å²) in [5.41, 5.74) is 1.28. The van der Waals surface area contributed by atoms with E-state index in [0.717, 1.165) is 5.75 Å². The van der Waals surface area contributed by atoms with Crippen molar-refractivity contribution in [2.24, 2.45) is 0 Å². The third-order valence-electron chi connectivity index (χ3n) is 3.17. The van der Waals surface area contributed by atoms with Gasteiger partial charge in [-0.2, -0.15) is 0 Å². The Balaban J connectivity index is 1.69. The lowest BCUT2D eigenvalue weighted by molar-refractivity contribution is 0.0993. The van der Waals surface area contributed by atoms with E-state index in [1.165, 1.54) is 6.26 Å². The average Bonchev–Trinajstić information content (AvgIpc) is 3.02. The summed E-state index contributed by atoms with van der Waals surface area (Å²) in [5.74, 6) is 0.611. The van der Waals surface area contributed by atoms with E-state index >= 15 is 0 Å². The van der Waals surface area contributed by atoms with Gasteiger partial charge < -0.3 is 14.5 Å². The molecule has 1 heterocycles. The van der Waals surface area contributed by atoms with Crippen LogP contribution in [0.1, 0.15) is 16.1 Å². The Bertz CT molecular complexity index is 799. The summed E-state index contributed by atoms with van der Waals surface area (Å²) >= 11 is 5.91. The van der Waals surface area contributed by atoms with Crippen LogP contribution in [0.25, 0.3) is 0 Å². The number of carbonyl (C=O) groups is 1. The highest BCUT2D eigenvalue weighted by Crippen LogP contribution is 2.19. The summed E-state index contributed by atoms with van der Waals surface area (Å²) < 4.78 is 10.9. The molecule has 0 fully saturated rings. The first-order valence-electron chi connectivity index (χ1n) is 7.03. The molecule has 116 valence electrons. The van der Waals surface area contributed by atoms with Crippen LogP contribution in [0.4, 0.5) is 5.69 Å². The van der Waals surface area contributed by atoms with Crippen molar-refractivity contribution in [1.82, 2.24) is 0 Å². The number of amides is 1. The Morgan fingerprint density at radius 3 is 2.70 bits per heavy atom. The molecule has 2 aromatic carbocycles. The number of para-hydroxylation sites is 1. The van der Waals surface area contributed by atoms with Crippen molar-refractivity contribution >= 4 is 23.2 Å². The molecule has 4 nitrogen and oxygen atoms in total. The maximum absolute atomic E-state index is 12.3. The fraction of sp³-hybridized carbons (Fsp3) is 0.0556. The van der Waals surface area contributed by atoms with Gasteiger partial charge in [0.2, 0.25) is 0 Å². The lowest BCUT2D eigenvalue weighted by atomic mass is 10.2. The molecular weight excluding hydrogens is 314 g/mol. The first-order valence-corrected chi connectivity index (χ1v) is 7.41. The van der Waals surface area contributed by atoms with Crippen LogP contribution < -0.4 is 10.1 Å². The van der Waals surface area contributed by atoms with Crippen LogP contribution >= 0.6 is 11.6 Å². The smallest absolute Gasteiger partial charge is 0.291 e. The third-order valence-corrected chi connectivity index (χ3v) is 3.41. The molecule has 0 radical (unpaired) electrons. The summed E-state index contributed by atoms with van der Waals surface area (Å²) in [7, 11) is 0. The standard InChI is InChI=1S/C18H14ClNO3/c19-14-5-4-6-15(11-14)20-18(21)17-13(9-10-22-17)12-23-16-7-2-1-3-8-16/h1-11H,12H2,(H,20,21). The van der Waals surface area contributed by atoms with Gasteiger partial charge in [0.25, 0.3) is 5.91 Å². The minimum atomic E-state index is -0.344. The number of anilines is 1. The van der Waals surface area contributed by atoms with Crippen LogP contribution in [0, 0.1) is 0 Å². The van der Waals surface area contributed by atoms with E-state index in [2.05, 4.69) is 5.32 Å². The molecule has 23 heavy (non-hydrogen) atoms. The van der Waals surface area contributed by atoms with Crippen molar-refractivity contribution in [2.75, 3.05) is 5.32 Å². The molecule has 0 saturated carbocycles. The summed E-state index contributed by atoms with van der Waals surface area (Å²) in [6.07, 6.45) is 1.47. The van der Waals surface area contributed by atoms with Crippen molar-refractivity contribution < 1.29 is 13.9 Å². The zero-order valence-corrected chi connectivity index (χ0v) is 12.9. The van der Waals surface area contributed by atoms with Gasteiger partial charge in [-0.3, -0.25) is 4.79 Å².